The topological polar surface area (TPSA) is 84.5 Å². The molecular weight excluding hydrogens is 340 g/mol. The highest BCUT2D eigenvalue weighted by Crippen LogP contribution is 2.28. The molecule has 23 heavy (non-hydrogen) atoms. The molecule has 0 aromatic heterocycles. The third-order valence-corrected chi connectivity index (χ3v) is 3.68. The monoisotopic (exact) mass is 354 g/mol. The molecule has 0 aliphatic heterocycles. The number of carbonyl (C=O) groups is 1. The van der Waals surface area contributed by atoms with Crippen LogP contribution in [-0.4, -0.2) is 27.7 Å². The van der Waals surface area contributed by atoms with Crippen LogP contribution in [0.5, 0.6) is 5.75 Å². The van der Waals surface area contributed by atoms with E-state index in [-0.39, 0.29) is 0 Å². The maximum Gasteiger partial charge on any atom is 0.255 e. The van der Waals surface area contributed by atoms with Crippen molar-refractivity contribution >= 4 is 38.9 Å². The molecule has 0 saturated heterocycles. The third-order valence-electron chi connectivity index (χ3n) is 2.84. The van der Waals surface area contributed by atoms with E-state index in [1.165, 1.54) is 13.2 Å². The molecule has 2 N–H and O–H groups in total. The van der Waals surface area contributed by atoms with E-state index in [9.17, 15) is 13.2 Å². The maximum absolute atomic E-state index is 12.3. The van der Waals surface area contributed by atoms with Gasteiger partial charge in [-0.3, -0.25) is 9.52 Å². The Kier molecular flexibility index (Phi) is 5.12. The minimum Gasteiger partial charge on any atom is -0.495 e. The molecule has 0 unspecified atom stereocenters. The molecular formula is C15H15ClN2O4S. The molecule has 0 radical (unpaired) electrons. The summed E-state index contributed by atoms with van der Waals surface area (Å²) in [5.41, 5.74) is 1.02. The molecule has 8 heteroatoms. The number of benzene rings is 2. The van der Waals surface area contributed by atoms with Gasteiger partial charge in [0.25, 0.3) is 5.91 Å². The van der Waals surface area contributed by atoms with Crippen LogP contribution in [0.1, 0.15) is 10.4 Å². The van der Waals surface area contributed by atoms with Crippen LogP contribution in [0.2, 0.25) is 5.02 Å². The van der Waals surface area contributed by atoms with Crippen molar-refractivity contribution < 1.29 is 17.9 Å². The van der Waals surface area contributed by atoms with Crippen LogP contribution in [0.15, 0.2) is 42.5 Å². The third kappa shape index (κ3) is 4.87. The SMILES string of the molecule is COc1ccc(Cl)cc1NC(=O)c1cccc(NS(C)(=O)=O)c1. The summed E-state index contributed by atoms with van der Waals surface area (Å²) in [6.07, 6.45) is 1.04. The van der Waals surface area contributed by atoms with Crippen LogP contribution in [0, 0.1) is 0 Å². The Balaban J connectivity index is 2.25. The van der Waals surface area contributed by atoms with Gasteiger partial charge in [0.15, 0.2) is 0 Å². The van der Waals surface area contributed by atoms with Crippen LogP contribution < -0.4 is 14.8 Å². The van der Waals surface area contributed by atoms with Crippen molar-refractivity contribution in [1.82, 2.24) is 0 Å². The number of hydrogen-bond acceptors (Lipinski definition) is 4. The first kappa shape index (κ1) is 17.1. The van der Waals surface area contributed by atoms with Crippen molar-refractivity contribution in [1.29, 1.82) is 0 Å². The van der Waals surface area contributed by atoms with Crippen LogP contribution in [0.3, 0.4) is 0 Å². The van der Waals surface area contributed by atoms with Crippen LogP contribution in [0.25, 0.3) is 0 Å². The summed E-state index contributed by atoms with van der Waals surface area (Å²) in [5.74, 6) is 0.0517. The van der Waals surface area contributed by atoms with Crippen molar-refractivity contribution in [3.63, 3.8) is 0 Å². The van der Waals surface area contributed by atoms with E-state index < -0.39 is 15.9 Å². The second kappa shape index (κ2) is 6.89. The second-order valence-electron chi connectivity index (χ2n) is 4.75. The van der Waals surface area contributed by atoms with E-state index >= 15 is 0 Å². The smallest absolute Gasteiger partial charge is 0.255 e. The number of carbonyl (C=O) groups excluding carboxylic acids is 1. The fraction of sp³-hybridized carbons (Fsp3) is 0.133. The molecule has 0 heterocycles. The van der Waals surface area contributed by atoms with Crippen molar-refractivity contribution in [2.45, 2.75) is 0 Å². The van der Waals surface area contributed by atoms with Gasteiger partial charge in [0.05, 0.1) is 19.1 Å². The van der Waals surface area contributed by atoms with Gasteiger partial charge in [-0.1, -0.05) is 17.7 Å². The van der Waals surface area contributed by atoms with Crippen LogP contribution in [-0.2, 0) is 10.0 Å². The Hall–Kier alpha value is -2.25. The number of nitrogens with one attached hydrogen (secondary N) is 2. The van der Waals surface area contributed by atoms with Gasteiger partial charge in [-0.2, -0.15) is 0 Å². The summed E-state index contributed by atoms with van der Waals surface area (Å²) in [6, 6.07) is 11.0. The van der Waals surface area contributed by atoms with Gasteiger partial charge in [-0.15, -0.1) is 0 Å². The molecule has 0 aliphatic carbocycles. The molecule has 0 fully saturated rings. The van der Waals surface area contributed by atoms with E-state index in [1.54, 1.807) is 36.4 Å². The van der Waals surface area contributed by atoms with Crippen molar-refractivity contribution in [2.24, 2.45) is 0 Å². The predicted molar refractivity (Wildman–Crippen MR) is 90.9 cm³/mol. The van der Waals surface area contributed by atoms with Gasteiger partial charge < -0.3 is 10.1 Å². The van der Waals surface area contributed by atoms with E-state index in [0.29, 0.717) is 27.7 Å². The fourth-order valence-corrected chi connectivity index (χ4v) is 2.64. The minimum atomic E-state index is -3.41. The normalized spacial score (nSPS) is 10.9. The molecule has 1 amide bonds. The van der Waals surface area contributed by atoms with E-state index in [0.717, 1.165) is 6.26 Å². The van der Waals surface area contributed by atoms with Gasteiger partial charge in [-0.25, -0.2) is 8.42 Å². The fourth-order valence-electron chi connectivity index (χ4n) is 1.91. The zero-order valence-corrected chi connectivity index (χ0v) is 14.0. The summed E-state index contributed by atoms with van der Waals surface area (Å²) in [4.78, 5) is 12.3. The standard InChI is InChI=1S/C15H15ClN2O4S/c1-22-14-7-6-11(16)9-13(14)17-15(19)10-4-3-5-12(8-10)18-23(2,20)21/h3-9,18H,1-2H3,(H,17,19). The molecule has 2 aromatic rings. The van der Waals surface area contributed by atoms with Gasteiger partial charge >= 0.3 is 0 Å². The number of ether oxygens (including phenoxy) is 1. The zero-order valence-electron chi connectivity index (χ0n) is 12.5. The molecule has 0 aliphatic rings. The lowest BCUT2D eigenvalue weighted by molar-refractivity contribution is 0.102. The van der Waals surface area contributed by atoms with E-state index in [4.69, 9.17) is 16.3 Å². The van der Waals surface area contributed by atoms with Crippen molar-refractivity contribution in [3.8, 4) is 5.75 Å². The minimum absolute atomic E-state index is 0.292. The lowest BCUT2D eigenvalue weighted by Crippen LogP contribution is -2.14. The summed E-state index contributed by atoms with van der Waals surface area (Å²) < 4.78 is 30.0. The van der Waals surface area contributed by atoms with E-state index in [2.05, 4.69) is 10.0 Å². The van der Waals surface area contributed by atoms with E-state index in [1.807, 2.05) is 0 Å². The average Bonchev–Trinajstić information content (AvgIpc) is 2.46. The van der Waals surface area contributed by atoms with Gasteiger partial charge in [0, 0.05) is 16.3 Å². The van der Waals surface area contributed by atoms with Gasteiger partial charge in [0.2, 0.25) is 10.0 Å². The number of methoxy groups -OCH3 is 1. The van der Waals surface area contributed by atoms with Gasteiger partial charge in [0.1, 0.15) is 5.75 Å². The molecule has 0 saturated carbocycles. The Labute approximate surface area is 139 Å². The summed E-state index contributed by atoms with van der Waals surface area (Å²) >= 11 is 5.92. The molecule has 2 aromatic carbocycles. The van der Waals surface area contributed by atoms with Crippen molar-refractivity contribution in [2.75, 3.05) is 23.4 Å². The summed E-state index contributed by atoms with van der Waals surface area (Å²) in [6.45, 7) is 0. The quantitative estimate of drug-likeness (QED) is 0.864. The highest BCUT2D eigenvalue weighted by Gasteiger charge is 2.12. The van der Waals surface area contributed by atoms with Crippen molar-refractivity contribution in [3.05, 3.63) is 53.1 Å². The molecule has 0 atom stereocenters. The first-order chi connectivity index (χ1) is 10.8. The maximum atomic E-state index is 12.3. The zero-order chi connectivity index (χ0) is 17.0. The van der Waals surface area contributed by atoms with Crippen LogP contribution in [0.4, 0.5) is 11.4 Å². The van der Waals surface area contributed by atoms with Gasteiger partial charge in [-0.05, 0) is 36.4 Å². The Bertz CT molecular complexity index is 837. The highest BCUT2D eigenvalue weighted by atomic mass is 35.5. The molecule has 0 bridgehead atoms. The first-order valence-electron chi connectivity index (χ1n) is 6.51. The first-order valence-corrected chi connectivity index (χ1v) is 8.78. The molecule has 6 nitrogen and oxygen atoms in total. The lowest BCUT2D eigenvalue weighted by Gasteiger charge is -2.11. The lowest BCUT2D eigenvalue weighted by atomic mass is 10.2. The highest BCUT2D eigenvalue weighted by molar-refractivity contribution is 7.92. The summed E-state index contributed by atoms with van der Waals surface area (Å²) in [7, 11) is -1.93. The number of halogens is 1. The Morgan fingerprint density at radius 2 is 1.91 bits per heavy atom. The number of amides is 1. The average molecular weight is 355 g/mol. The number of rotatable bonds is 5. The Morgan fingerprint density at radius 1 is 1.17 bits per heavy atom. The van der Waals surface area contributed by atoms with Crippen LogP contribution >= 0.6 is 11.6 Å². The molecule has 0 spiro atoms. The molecule has 2 rings (SSSR count). The predicted octanol–water partition coefficient (Wildman–Crippen LogP) is 2.97. The largest absolute Gasteiger partial charge is 0.495 e. The summed E-state index contributed by atoms with van der Waals surface area (Å²) in [5, 5.41) is 3.14. The second-order valence-corrected chi connectivity index (χ2v) is 6.94. The Morgan fingerprint density at radius 3 is 2.57 bits per heavy atom. The molecule has 122 valence electrons. The number of anilines is 2. The number of hydrogen-bond donors (Lipinski definition) is 2. The number of sulfonamides is 1.